The van der Waals surface area contributed by atoms with Crippen LogP contribution in [0.3, 0.4) is 0 Å². The third-order valence-electron chi connectivity index (χ3n) is 5.61. The lowest BCUT2D eigenvalue weighted by Gasteiger charge is -2.34. The van der Waals surface area contributed by atoms with Crippen LogP contribution in [0.5, 0.6) is 0 Å². The van der Waals surface area contributed by atoms with E-state index in [2.05, 4.69) is 25.9 Å². The summed E-state index contributed by atoms with van der Waals surface area (Å²) < 4.78 is 7.31. The van der Waals surface area contributed by atoms with Gasteiger partial charge in [0.2, 0.25) is 0 Å². The Labute approximate surface area is 153 Å². The molecule has 1 N–H and O–H groups in total. The van der Waals surface area contributed by atoms with Gasteiger partial charge in [-0.05, 0) is 44.2 Å². The fourth-order valence-electron chi connectivity index (χ4n) is 4.33. The highest BCUT2D eigenvalue weighted by atomic mass is 16.5. The SMILES string of the molecule is COCc1nc(C2CCCCN2C(=O)c2cccn2C2CCCC2)n[nH]1. The molecular weight excluding hydrogens is 330 g/mol. The molecule has 4 rings (SSSR count). The molecular formula is C19H27N5O2. The summed E-state index contributed by atoms with van der Waals surface area (Å²) in [6.07, 6.45) is 9.92. The van der Waals surface area contributed by atoms with E-state index in [1.165, 1.54) is 25.7 Å². The van der Waals surface area contributed by atoms with Crippen LogP contribution >= 0.6 is 0 Å². The molecule has 0 spiro atoms. The quantitative estimate of drug-likeness (QED) is 0.891. The second kappa shape index (κ2) is 7.61. The molecule has 140 valence electrons. The molecule has 2 aromatic heterocycles. The zero-order valence-electron chi connectivity index (χ0n) is 15.4. The Morgan fingerprint density at radius 2 is 2.08 bits per heavy atom. The molecule has 1 aliphatic carbocycles. The molecule has 3 heterocycles. The average molecular weight is 357 g/mol. The Balaban J connectivity index is 1.58. The fourth-order valence-corrected chi connectivity index (χ4v) is 4.33. The minimum Gasteiger partial charge on any atom is -0.377 e. The first-order valence-electron chi connectivity index (χ1n) is 9.66. The molecule has 0 radical (unpaired) electrons. The predicted octanol–water partition coefficient (Wildman–Crippen LogP) is 3.24. The monoisotopic (exact) mass is 357 g/mol. The molecule has 1 aliphatic heterocycles. The number of piperidine rings is 1. The largest absolute Gasteiger partial charge is 0.377 e. The van der Waals surface area contributed by atoms with Gasteiger partial charge in [0.15, 0.2) is 11.6 Å². The van der Waals surface area contributed by atoms with Crippen molar-refractivity contribution in [3.63, 3.8) is 0 Å². The molecule has 0 aromatic carbocycles. The van der Waals surface area contributed by atoms with Crippen LogP contribution in [0.2, 0.25) is 0 Å². The normalized spacial score (nSPS) is 21.4. The number of rotatable bonds is 5. The van der Waals surface area contributed by atoms with Crippen molar-refractivity contribution >= 4 is 5.91 Å². The summed E-state index contributed by atoms with van der Waals surface area (Å²) >= 11 is 0. The highest BCUT2D eigenvalue weighted by Gasteiger charge is 2.33. The van der Waals surface area contributed by atoms with Crippen LogP contribution in [-0.4, -0.2) is 44.2 Å². The van der Waals surface area contributed by atoms with E-state index in [-0.39, 0.29) is 11.9 Å². The van der Waals surface area contributed by atoms with Crippen LogP contribution in [0.15, 0.2) is 18.3 Å². The number of methoxy groups -OCH3 is 1. The summed E-state index contributed by atoms with van der Waals surface area (Å²) in [5, 5.41) is 7.28. The van der Waals surface area contributed by atoms with E-state index in [0.29, 0.717) is 24.3 Å². The average Bonchev–Trinajstić information content (AvgIpc) is 3.41. The van der Waals surface area contributed by atoms with Gasteiger partial charge in [-0.25, -0.2) is 4.98 Å². The molecule has 1 atom stereocenters. The number of hydrogen-bond acceptors (Lipinski definition) is 4. The Kier molecular flexibility index (Phi) is 5.06. The lowest BCUT2D eigenvalue weighted by Crippen LogP contribution is -2.40. The van der Waals surface area contributed by atoms with Crippen molar-refractivity contribution < 1.29 is 9.53 Å². The van der Waals surface area contributed by atoms with Crippen molar-refractivity contribution in [2.24, 2.45) is 0 Å². The maximum atomic E-state index is 13.4. The van der Waals surface area contributed by atoms with Crippen molar-refractivity contribution in [3.8, 4) is 0 Å². The Morgan fingerprint density at radius 3 is 2.88 bits per heavy atom. The standard InChI is InChI=1S/C19H27N5O2/c1-26-13-17-20-18(22-21-17)15-9-4-5-11-24(15)19(25)16-10-6-12-23(16)14-7-2-3-8-14/h6,10,12,14-15H,2-5,7-9,11,13H2,1H3,(H,20,21,22). The molecule has 2 fully saturated rings. The number of hydrogen-bond donors (Lipinski definition) is 1. The summed E-state index contributed by atoms with van der Waals surface area (Å²) in [6, 6.07) is 4.35. The van der Waals surface area contributed by atoms with Gasteiger partial charge >= 0.3 is 0 Å². The number of amides is 1. The first-order valence-corrected chi connectivity index (χ1v) is 9.66. The van der Waals surface area contributed by atoms with E-state index in [9.17, 15) is 4.79 Å². The molecule has 1 saturated carbocycles. The summed E-state index contributed by atoms with van der Waals surface area (Å²) in [7, 11) is 1.63. The first-order chi connectivity index (χ1) is 12.8. The number of carbonyl (C=O) groups is 1. The lowest BCUT2D eigenvalue weighted by molar-refractivity contribution is 0.0586. The number of carbonyl (C=O) groups excluding carboxylic acids is 1. The molecule has 7 nitrogen and oxygen atoms in total. The maximum Gasteiger partial charge on any atom is 0.271 e. The van der Waals surface area contributed by atoms with Gasteiger partial charge in [0.05, 0.1) is 6.04 Å². The molecule has 0 bridgehead atoms. The second-order valence-corrected chi connectivity index (χ2v) is 7.32. The summed E-state index contributed by atoms with van der Waals surface area (Å²) in [5.74, 6) is 1.50. The topological polar surface area (TPSA) is 76.0 Å². The van der Waals surface area contributed by atoms with Gasteiger partial charge in [0, 0.05) is 25.9 Å². The Morgan fingerprint density at radius 1 is 1.27 bits per heavy atom. The van der Waals surface area contributed by atoms with Crippen LogP contribution in [0, 0.1) is 0 Å². The molecule has 1 saturated heterocycles. The van der Waals surface area contributed by atoms with E-state index < -0.39 is 0 Å². The fraction of sp³-hybridized carbons (Fsp3) is 0.632. The number of H-pyrrole nitrogens is 1. The first kappa shape index (κ1) is 17.3. The third kappa shape index (κ3) is 3.28. The highest BCUT2D eigenvalue weighted by Crippen LogP contribution is 2.34. The summed E-state index contributed by atoms with van der Waals surface area (Å²) in [6.45, 7) is 1.16. The van der Waals surface area contributed by atoms with Crippen LogP contribution in [0.4, 0.5) is 0 Å². The van der Waals surface area contributed by atoms with Crippen molar-refractivity contribution in [2.45, 2.75) is 63.6 Å². The molecule has 2 aromatic rings. The number of nitrogens with zero attached hydrogens (tertiary/aromatic N) is 4. The molecule has 1 unspecified atom stereocenters. The Bertz CT molecular complexity index is 747. The minimum absolute atomic E-state index is 0.0648. The number of likely N-dealkylation sites (tertiary alicyclic amines) is 1. The second-order valence-electron chi connectivity index (χ2n) is 7.32. The van der Waals surface area contributed by atoms with Gasteiger partial charge in [0.1, 0.15) is 12.3 Å². The van der Waals surface area contributed by atoms with Crippen LogP contribution < -0.4 is 0 Å². The van der Waals surface area contributed by atoms with Crippen molar-refractivity contribution in [1.82, 2.24) is 24.6 Å². The van der Waals surface area contributed by atoms with Crippen LogP contribution in [-0.2, 0) is 11.3 Å². The Hall–Kier alpha value is -2.15. The van der Waals surface area contributed by atoms with E-state index >= 15 is 0 Å². The number of nitrogens with one attached hydrogen (secondary N) is 1. The van der Waals surface area contributed by atoms with Crippen molar-refractivity contribution in [2.75, 3.05) is 13.7 Å². The number of aromatic amines is 1. The molecule has 7 heteroatoms. The van der Waals surface area contributed by atoms with Gasteiger partial charge in [-0.3, -0.25) is 9.89 Å². The molecule has 26 heavy (non-hydrogen) atoms. The highest BCUT2D eigenvalue weighted by molar-refractivity contribution is 5.93. The molecule has 1 amide bonds. The van der Waals surface area contributed by atoms with Gasteiger partial charge in [0.25, 0.3) is 5.91 Å². The van der Waals surface area contributed by atoms with E-state index in [1.54, 1.807) is 7.11 Å². The van der Waals surface area contributed by atoms with E-state index in [0.717, 1.165) is 31.5 Å². The van der Waals surface area contributed by atoms with E-state index in [1.807, 2.05) is 17.0 Å². The van der Waals surface area contributed by atoms with Crippen molar-refractivity contribution in [1.29, 1.82) is 0 Å². The smallest absolute Gasteiger partial charge is 0.271 e. The van der Waals surface area contributed by atoms with Gasteiger partial charge in [-0.15, -0.1) is 0 Å². The van der Waals surface area contributed by atoms with Crippen molar-refractivity contribution in [3.05, 3.63) is 35.7 Å². The van der Waals surface area contributed by atoms with E-state index in [4.69, 9.17) is 4.74 Å². The van der Waals surface area contributed by atoms with Gasteiger partial charge in [-0.2, -0.15) is 5.10 Å². The third-order valence-corrected chi connectivity index (χ3v) is 5.61. The van der Waals surface area contributed by atoms with Crippen LogP contribution in [0.1, 0.15) is 79.2 Å². The predicted molar refractivity (Wildman–Crippen MR) is 96.7 cm³/mol. The minimum atomic E-state index is -0.0648. The van der Waals surface area contributed by atoms with Gasteiger partial charge in [-0.1, -0.05) is 12.8 Å². The van der Waals surface area contributed by atoms with Crippen LogP contribution in [0.25, 0.3) is 0 Å². The molecule has 2 aliphatic rings. The number of ether oxygens (including phenoxy) is 1. The number of aromatic nitrogens is 4. The summed E-state index contributed by atoms with van der Waals surface area (Å²) in [5.41, 5.74) is 0.802. The zero-order valence-corrected chi connectivity index (χ0v) is 15.4. The maximum absolute atomic E-state index is 13.4. The summed E-state index contributed by atoms with van der Waals surface area (Å²) in [4.78, 5) is 19.9. The van der Waals surface area contributed by atoms with Gasteiger partial charge < -0.3 is 14.2 Å². The zero-order chi connectivity index (χ0) is 17.9. The lowest BCUT2D eigenvalue weighted by atomic mass is 10.0.